The normalized spacial score (nSPS) is 14.1. The first kappa shape index (κ1) is 13.9. The minimum atomic E-state index is -4.65. The Balaban J connectivity index is 2.69. The number of benzene rings is 2. The highest BCUT2D eigenvalue weighted by Crippen LogP contribution is 2.38. The van der Waals surface area contributed by atoms with Crippen LogP contribution < -0.4 is 0 Å². The monoisotopic (exact) mass is 268 g/mol. The molecule has 2 aromatic rings. The molecule has 0 amide bonds. The van der Waals surface area contributed by atoms with E-state index in [0.717, 1.165) is 10.9 Å². The molecular weight excluding hydrogens is 253 g/mol. The van der Waals surface area contributed by atoms with Gasteiger partial charge in [-0.1, -0.05) is 50.2 Å². The predicted octanol–water partition coefficient (Wildman–Crippen LogP) is 4.56. The third kappa shape index (κ3) is 2.59. The first-order valence-electron chi connectivity index (χ1n) is 6.08. The van der Waals surface area contributed by atoms with Crippen LogP contribution in [0.25, 0.3) is 10.8 Å². The number of alkyl halides is 3. The van der Waals surface area contributed by atoms with Gasteiger partial charge in [-0.15, -0.1) is 0 Å². The van der Waals surface area contributed by atoms with Gasteiger partial charge in [0, 0.05) is 0 Å². The van der Waals surface area contributed by atoms with E-state index in [0.29, 0.717) is 5.39 Å². The highest BCUT2D eigenvalue weighted by molar-refractivity contribution is 5.89. The van der Waals surface area contributed by atoms with Crippen LogP contribution in [-0.2, 0) is 0 Å². The van der Waals surface area contributed by atoms with Gasteiger partial charge < -0.3 is 5.11 Å². The van der Waals surface area contributed by atoms with Crippen molar-refractivity contribution >= 4 is 10.8 Å². The van der Waals surface area contributed by atoms with E-state index < -0.39 is 12.3 Å². The standard InChI is InChI=1S/C15H15F3O/c1-9(2)10-7-8-13(14(19)15(16,17)18)12-6-4-3-5-11(10)12/h3-9,14,19H,1-2H3. The number of aliphatic hydroxyl groups excluding tert-OH is 1. The number of aliphatic hydroxyl groups is 1. The second-order valence-corrected chi connectivity index (χ2v) is 4.89. The molecule has 0 heterocycles. The topological polar surface area (TPSA) is 20.2 Å². The number of halogens is 3. The summed E-state index contributed by atoms with van der Waals surface area (Å²) in [6.45, 7) is 3.98. The van der Waals surface area contributed by atoms with Crippen molar-refractivity contribution in [3.63, 3.8) is 0 Å². The maximum Gasteiger partial charge on any atom is 0.418 e. The van der Waals surface area contributed by atoms with Gasteiger partial charge in [-0.25, -0.2) is 0 Å². The molecule has 0 radical (unpaired) electrons. The van der Waals surface area contributed by atoms with E-state index in [4.69, 9.17) is 0 Å². The fourth-order valence-electron chi connectivity index (χ4n) is 2.26. The van der Waals surface area contributed by atoms with Crippen LogP contribution in [0, 0.1) is 0 Å². The zero-order valence-corrected chi connectivity index (χ0v) is 10.7. The average molecular weight is 268 g/mol. The third-order valence-electron chi connectivity index (χ3n) is 3.22. The molecule has 102 valence electrons. The van der Waals surface area contributed by atoms with Gasteiger partial charge in [0.1, 0.15) is 0 Å². The Labute approximate surface area is 109 Å². The molecule has 0 bridgehead atoms. The summed E-state index contributed by atoms with van der Waals surface area (Å²) < 4.78 is 38.0. The minimum absolute atomic E-state index is 0.0903. The lowest BCUT2D eigenvalue weighted by atomic mass is 9.91. The lowest BCUT2D eigenvalue weighted by Crippen LogP contribution is -2.20. The molecule has 0 aliphatic heterocycles. The maximum atomic E-state index is 12.7. The van der Waals surface area contributed by atoms with Crippen LogP contribution in [0.1, 0.15) is 37.0 Å². The largest absolute Gasteiger partial charge is 0.418 e. The Morgan fingerprint density at radius 1 is 0.895 bits per heavy atom. The molecular formula is C15H15F3O. The summed E-state index contributed by atoms with van der Waals surface area (Å²) in [4.78, 5) is 0. The van der Waals surface area contributed by atoms with E-state index in [9.17, 15) is 18.3 Å². The molecule has 0 fully saturated rings. The molecule has 2 rings (SSSR count). The second kappa shape index (κ2) is 4.85. The average Bonchev–Trinajstić information content (AvgIpc) is 2.35. The maximum absolute atomic E-state index is 12.7. The SMILES string of the molecule is CC(C)c1ccc(C(O)C(F)(F)F)c2ccccc12. The van der Waals surface area contributed by atoms with Gasteiger partial charge in [0.05, 0.1) is 0 Å². The zero-order chi connectivity index (χ0) is 14.2. The predicted molar refractivity (Wildman–Crippen MR) is 69.1 cm³/mol. The van der Waals surface area contributed by atoms with E-state index in [1.165, 1.54) is 6.07 Å². The molecule has 19 heavy (non-hydrogen) atoms. The minimum Gasteiger partial charge on any atom is -0.379 e. The summed E-state index contributed by atoms with van der Waals surface area (Å²) in [6, 6.07) is 9.91. The summed E-state index contributed by atoms with van der Waals surface area (Å²) in [7, 11) is 0. The molecule has 1 nitrogen and oxygen atoms in total. The quantitative estimate of drug-likeness (QED) is 0.846. The number of rotatable bonds is 2. The highest BCUT2D eigenvalue weighted by atomic mass is 19.4. The lowest BCUT2D eigenvalue weighted by molar-refractivity contribution is -0.206. The van der Waals surface area contributed by atoms with E-state index in [1.54, 1.807) is 30.3 Å². The Bertz CT molecular complexity index is 587. The molecule has 1 unspecified atom stereocenters. The Morgan fingerprint density at radius 3 is 1.84 bits per heavy atom. The van der Waals surface area contributed by atoms with Gasteiger partial charge in [0.2, 0.25) is 0 Å². The van der Waals surface area contributed by atoms with Crippen molar-refractivity contribution in [3.8, 4) is 0 Å². The fourth-order valence-corrected chi connectivity index (χ4v) is 2.26. The number of fused-ring (bicyclic) bond motifs is 1. The van der Waals surface area contributed by atoms with Crippen molar-refractivity contribution in [1.82, 2.24) is 0 Å². The summed E-state index contributed by atoms with van der Waals surface area (Å²) >= 11 is 0. The molecule has 1 N–H and O–H groups in total. The van der Waals surface area contributed by atoms with E-state index in [1.807, 2.05) is 13.8 Å². The summed E-state index contributed by atoms with van der Waals surface area (Å²) in [5, 5.41) is 10.7. The Morgan fingerprint density at radius 2 is 1.37 bits per heavy atom. The van der Waals surface area contributed by atoms with Crippen molar-refractivity contribution in [2.24, 2.45) is 0 Å². The van der Waals surface area contributed by atoms with Crippen molar-refractivity contribution in [2.75, 3.05) is 0 Å². The van der Waals surface area contributed by atoms with Gasteiger partial charge in [0.15, 0.2) is 6.10 Å². The van der Waals surface area contributed by atoms with Crippen molar-refractivity contribution in [2.45, 2.75) is 32.0 Å². The van der Waals surface area contributed by atoms with Crippen molar-refractivity contribution in [3.05, 3.63) is 47.5 Å². The third-order valence-corrected chi connectivity index (χ3v) is 3.22. The fraction of sp³-hybridized carbons (Fsp3) is 0.333. The summed E-state index contributed by atoms with van der Waals surface area (Å²) in [6.07, 6.45) is -7.10. The summed E-state index contributed by atoms with van der Waals surface area (Å²) in [5.74, 6) is 0.210. The van der Waals surface area contributed by atoms with Gasteiger partial charge in [-0.2, -0.15) is 13.2 Å². The van der Waals surface area contributed by atoms with Gasteiger partial charge >= 0.3 is 6.18 Å². The summed E-state index contributed by atoms with van der Waals surface area (Å²) in [5.41, 5.74) is 0.890. The van der Waals surface area contributed by atoms with Crippen LogP contribution in [0.3, 0.4) is 0 Å². The number of hydrogen-bond donors (Lipinski definition) is 1. The molecule has 0 saturated carbocycles. The molecule has 2 aromatic carbocycles. The van der Waals surface area contributed by atoms with E-state index in [2.05, 4.69) is 0 Å². The van der Waals surface area contributed by atoms with Crippen LogP contribution in [0.15, 0.2) is 36.4 Å². The first-order valence-corrected chi connectivity index (χ1v) is 6.08. The first-order chi connectivity index (χ1) is 8.82. The lowest BCUT2D eigenvalue weighted by Gasteiger charge is -2.19. The molecule has 0 aliphatic carbocycles. The van der Waals surface area contributed by atoms with Crippen molar-refractivity contribution < 1.29 is 18.3 Å². The molecule has 0 aliphatic rings. The van der Waals surface area contributed by atoms with Crippen LogP contribution in [-0.4, -0.2) is 11.3 Å². The smallest absolute Gasteiger partial charge is 0.379 e. The molecule has 0 saturated heterocycles. The van der Waals surface area contributed by atoms with Crippen LogP contribution in [0.4, 0.5) is 13.2 Å². The van der Waals surface area contributed by atoms with Gasteiger partial charge in [0.25, 0.3) is 0 Å². The highest BCUT2D eigenvalue weighted by Gasteiger charge is 2.40. The van der Waals surface area contributed by atoms with E-state index in [-0.39, 0.29) is 11.5 Å². The molecule has 4 heteroatoms. The zero-order valence-electron chi connectivity index (χ0n) is 10.7. The van der Waals surface area contributed by atoms with Gasteiger partial charge in [-0.05, 0) is 27.8 Å². The van der Waals surface area contributed by atoms with Crippen LogP contribution in [0.2, 0.25) is 0 Å². The molecule has 1 atom stereocenters. The Kier molecular flexibility index (Phi) is 3.54. The van der Waals surface area contributed by atoms with Crippen molar-refractivity contribution in [1.29, 1.82) is 0 Å². The van der Waals surface area contributed by atoms with Gasteiger partial charge in [-0.3, -0.25) is 0 Å². The second-order valence-electron chi connectivity index (χ2n) is 4.89. The van der Waals surface area contributed by atoms with Crippen LogP contribution in [0.5, 0.6) is 0 Å². The van der Waals surface area contributed by atoms with Crippen LogP contribution >= 0.6 is 0 Å². The molecule has 0 aromatic heterocycles. The van der Waals surface area contributed by atoms with E-state index >= 15 is 0 Å². The Hall–Kier alpha value is -1.55. The molecule has 0 spiro atoms. The number of hydrogen-bond acceptors (Lipinski definition) is 1.